The third-order valence-corrected chi connectivity index (χ3v) is 5.14. The number of piperazine rings is 1. The molecule has 28 heavy (non-hydrogen) atoms. The van der Waals surface area contributed by atoms with Crippen molar-refractivity contribution in [3.8, 4) is 11.4 Å². The van der Waals surface area contributed by atoms with Gasteiger partial charge >= 0.3 is 0 Å². The van der Waals surface area contributed by atoms with E-state index in [2.05, 4.69) is 33.0 Å². The Morgan fingerprint density at radius 1 is 1.04 bits per heavy atom. The predicted molar refractivity (Wildman–Crippen MR) is 107 cm³/mol. The first-order valence-corrected chi connectivity index (χ1v) is 9.41. The van der Waals surface area contributed by atoms with E-state index in [1.54, 1.807) is 13.4 Å². The van der Waals surface area contributed by atoms with Gasteiger partial charge in [-0.05, 0) is 48.9 Å². The van der Waals surface area contributed by atoms with Crippen LogP contribution in [0.4, 0.5) is 10.1 Å². The number of benzene rings is 2. The quantitative estimate of drug-likeness (QED) is 0.680. The summed E-state index contributed by atoms with van der Waals surface area (Å²) in [6.07, 6.45) is 1.74. The van der Waals surface area contributed by atoms with E-state index in [-0.39, 0.29) is 5.82 Å². The van der Waals surface area contributed by atoms with E-state index in [1.165, 1.54) is 12.1 Å². The Morgan fingerprint density at radius 3 is 2.50 bits per heavy atom. The molecule has 0 aliphatic carbocycles. The first-order chi connectivity index (χ1) is 13.6. The molecular formula is C21H24FN5O. The van der Waals surface area contributed by atoms with Crippen molar-refractivity contribution in [1.82, 2.24) is 19.7 Å². The molecule has 2 heterocycles. The van der Waals surface area contributed by atoms with Crippen molar-refractivity contribution < 1.29 is 9.13 Å². The molecule has 6 nitrogen and oxygen atoms in total. The molecule has 0 radical (unpaired) electrons. The molecule has 1 aliphatic rings. The molecule has 2 aromatic carbocycles. The first-order valence-electron chi connectivity index (χ1n) is 9.41. The summed E-state index contributed by atoms with van der Waals surface area (Å²) in [4.78, 5) is 4.65. The highest BCUT2D eigenvalue weighted by atomic mass is 19.1. The Labute approximate surface area is 164 Å². The molecule has 0 unspecified atom stereocenters. The van der Waals surface area contributed by atoms with Gasteiger partial charge in [0.25, 0.3) is 0 Å². The highest BCUT2D eigenvalue weighted by molar-refractivity contribution is 5.49. The van der Waals surface area contributed by atoms with Gasteiger partial charge in [0.1, 0.15) is 17.9 Å². The molecule has 0 saturated carbocycles. The number of aryl methyl sites for hydroxylation is 1. The average Bonchev–Trinajstić information content (AvgIpc) is 3.17. The van der Waals surface area contributed by atoms with Gasteiger partial charge < -0.3 is 9.64 Å². The number of rotatable bonds is 5. The second kappa shape index (κ2) is 7.98. The molecule has 1 aliphatic heterocycles. The van der Waals surface area contributed by atoms with E-state index in [0.717, 1.165) is 54.7 Å². The molecule has 0 bridgehead atoms. The number of hydrogen-bond acceptors (Lipinski definition) is 5. The molecule has 4 rings (SSSR count). The Kier molecular flexibility index (Phi) is 5.25. The van der Waals surface area contributed by atoms with Gasteiger partial charge in [0, 0.05) is 31.9 Å². The van der Waals surface area contributed by atoms with Crippen LogP contribution in [0.25, 0.3) is 5.69 Å². The van der Waals surface area contributed by atoms with Gasteiger partial charge in [-0.3, -0.25) is 9.47 Å². The minimum atomic E-state index is -0.201. The number of methoxy groups -OCH3 is 1. The zero-order valence-electron chi connectivity index (χ0n) is 16.2. The molecule has 0 spiro atoms. The maximum absolute atomic E-state index is 13.1. The standard InChI is InChI=1S/C21H24FN5O/c1-16-3-8-20(28-2)19(13-16)27-15-23-24-21(27)14-25-9-11-26(12-10-25)18-6-4-17(22)5-7-18/h3-8,13,15H,9-12,14H2,1-2H3. The monoisotopic (exact) mass is 381 g/mol. The summed E-state index contributed by atoms with van der Waals surface area (Å²) in [6, 6.07) is 12.8. The lowest BCUT2D eigenvalue weighted by atomic mass is 10.2. The lowest BCUT2D eigenvalue weighted by Crippen LogP contribution is -2.46. The molecule has 0 N–H and O–H groups in total. The van der Waals surface area contributed by atoms with Crippen molar-refractivity contribution in [2.24, 2.45) is 0 Å². The molecule has 1 aromatic heterocycles. The number of ether oxygens (including phenoxy) is 1. The Hall–Kier alpha value is -2.93. The number of anilines is 1. The van der Waals surface area contributed by atoms with E-state index in [9.17, 15) is 4.39 Å². The van der Waals surface area contributed by atoms with E-state index < -0.39 is 0 Å². The van der Waals surface area contributed by atoms with Crippen LogP contribution in [0.15, 0.2) is 48.8 Å². The van der Waals surface area contributed by atoms with Crippen LogP contribution < -0.4 is 9.64 Å². The first kappa shape index (κ1) is 18.4. The van der Waals surface area contributed by atoms with E-state index in [4.69, 9.17) is 4.74 Å². The van der Waals surface area contributed by atoms with Crippen molar-refractivity contribution >= 4 is 5.69 Å². The van der Waals surface area contributed by atoms with Gasteiger partial charge in [0.15, 0.2) is 5.82 Å². The van der Waals surface area contributed by atoms with Gasteiger partial charge in [-0.15, -0.1) is 10.2 Å². The van der Waals surface area contributed by atoms with Crippen LogP contribution >= 0.6 is 0 Å². The molecule has 7 heteroatoms. The third kappa shape index (κ3) is 3.84. The van der Waals surface area contributed by atoms with Crippen molar-refractivity contribution in [2.75, 3.05) is 38.2 Å². The Balaban J connectivity index is 1.45. The molecule has 0 atom stereocenters. The second-order valence-corrected chi connectivity index (χ2v) is 7.03. The minimum absolute atomic E-state index is 0.201. The fraction of sp³-hybridized carbons (Fsp3) is 0.333. The third-order valence-electron chi connectivity index (χ3n) is 5.14. The molecule has 1 saturated heterocycles. The molecule has 146 valence electrons. The van der Waals surface area contributed by atoms with Crippen molar-refractivity contribution in [1.29, 1.82) is 0 Å². The van der Waals surface area contributed by atoms with Crippen molar-refractivity contribution in [2.45, 2.75) is 13.5 Å². The number of hydrogen-bond donors (Lipinski definition) is 0. The summed E-state index contributed by atoms with van der Waals surface area (Å²) >= 11 is 0. The maximum Gasteiger partial charge on any atom is 0.151 e. The lowest BCUT2D eigenvalue weighted by Gasteiger charge is -2.35. The van der Waals surface area contributed by atoms with Gasteiger partial charge in [-0.25, -0.2) is 4.39 Å². The summed E-state index contributed by atoms with van der Waals surface area (Å²) in [6.45, 7) is 6.39. The average molecular weight is 381 g/mol. The number of halogens is 1. The Morgan fingerprint density at radius 2 is 1.79 bits per heavy atom. The summed E-state index contributed by atoms with van der Waals surface area (Å²) < 4.78 is 20.6. The van der Waals surface area contributed by atoms with Crippen LogP contribution in [0.1, 0.15) is 11.4 Å². The Bertz CT molecular complexity index is 932. The van der Waals surface area contributed by atoms with E-state index >= 15 is 0 Å². The molecular weight excluding hydrogens is 357 g/mol. The van der Waals surface area contributed by atoms with Crippen LogP contribution in [0, 0.1) is 12.7 Å². The van der Waals surface area contributed by atoms with Gasteiger partial charge in [0.2, 0.25) is 0 Å². The van der Waals surface area contributed by atoms with Crippen LogP contribution in [0.5, 0.6) is 5.75 Å². The number of nitrogens with zero attached hydrogens (tertiary/aromatic N) is 5. The molecule has 0 amide bonds. The lowest BCUT2D eigenvalue weighted by molar-refractivity contribution is 0.242. The minimum Gasteiger partial charge on any atom is -0.495 e. The maximum atomic E-state index is 13.1. The van der Waals surface area contributed by atoms with Crippen molar-refractivity contribution in [3.63, 3.8) is 0 Å². The highest BCUT2D eigenvalue weighted by Gasteiger charge is 2.20. The van der Waals surface area contributed by atoms with Gasteiger partial charge in [-0.1, -0.05) is 6.07 Å². The van der Waals surface area contributed by atoms with Crippen LogP contribution in [0.3, 0.4) is 0 Å². The van der Waals surface area contributed by atoms with Crippen molar-refractivity contribution in [3.05, 3.63) is 66.0 Å². The molecule has 1 fully saturated rings. The summed E-state index contributed by atoms with van der Waals surface area (Å²) in [5.74, 6) is 1.49. The van der Waals surface area contributed by atoms with E-state index in [1.807, 2.05) is 28.8 Å². The highest BCUT2D eigenvalue weighted by Crippen LogP contribution is 2.25. The van der Waals surface area contributed by atoms with Crippen LogP contribution in [0.2, 0.25) is 0 Å². The summed E-state index contributed by atoms with van der Waals surface area (Å²) in [5, 5.41) is 8.46. The summed E-state index contributed by atoms with van der Waals surface area (Å²) in [7, 11) is 1.67. The fourth-order valence-corrected chi connectivity index (χ4v) is 3.57. The zero-order chi connectivity index (χ0) is 19.5. The predicted octanol–water partition coefficient (Wildman–Crippen LogP) is 3.05. The van der Waals surface area contributed by atoms with Crippen LogP contribution in [-0.4, -0.2) is 53.0 Å². The SMILES string of the molecule is COc1ccc(C)cc1-n1cnnc1CN1CCN(c2ccc(F)cc2)CC1. The fourth-order valence-electron chi connectivity index (χ4n) is 3.57. The smallest absolute Gasteiger partial charge is 0.151 e. The largest absolute Gasteiger partial charge is 0.495 e. The van der Waals surface area contributed by atoms with E-state index in [0.29, 0.717) is 6.54 Å². The topological polar surface area (TPSA) is 46.4 Å². The zero-order valence-corrected chi connectivity index (χ0v) is 16.2. The van der Waals surface area contributed by atoms with Gasteiger partial charge in [-0.2, -0.15) is 0 Å². The second-order valence-electron chi connectivity index (χ2n) is 7.03. The van der Waals surface area contributed by atoms with Crippen LogP contribution in [-0.2, 0) is 6.54 Å². The molecule has 3 aromatic rings. The number of aromatic nitrogens is 3. The van der Waals surface area contributed by atoms with Gasteiger partial charge in [0.05, 0.1) is 19.3 Å². The normalized spacial score (nSPS) is 15.0. The summed E-state index contributed by atoms with van der Waals surface area (Å²) in [5.41, 5.74) is 3.17.